The third kappa shape index (κ3) is 1.84. The van der Waals surface area contributed by atoms with Gasteiger partial charge in [-0.15, -0.1) is 0 Å². The first-order valence-corrected chi connectivity index (χ1v) is 4.01. The van der Waals surface area contributed by atoms with Gasteiger partial charge in [-0.3, -0.25) is 0 Å². The minimum Gasteiger partial charge on any atom is -0.464 e. The van der Waals surface area contributed by atoms with Crippen molar-refractivity contribution in [3.63, 3.8) is 0 Å². The molecule has 0 bridgehead atoms. The zero-order valence-electron chi connectivity index (χ0n) is 6.67. The van der Waals surface area contributed by atoms with Gasteiger partial charge >= 0.3 is 5.97 Å². The van der Waals surface area contributed by atoms with E-state index in [2.05, 4.69) is 9.72 Å². The minimum atomic E-state index is -0.646. The second kappa shape index (κ2) is 3.81. The average molecular weight is 221 g/mol. The fourth-order valence-electron chi connectivity index (χ4n) is 0.717. The number of anilines is 1. The number of halogens is 2. The number of carbonyl (C=O) groups excluding carboxylic acids is 1. The summed E-state index contributed by atoms with van der Waals surface area (Å²) >= 11 is 11.4. The number of methoxy groups -OCH3 is 1. The molecule has 0 aliphatic heterocycles. The maximum absolute atomic E-state index is 11.0. The van der Waals surface area contributed by atoms with Crippen molar-refractivity contribution in [2.45, 2.75) is 0 Å². The van der Waals surface area contributed by atoms with Gasteiger partial charge in [0.25, 0.3) is 0 Å². The van der Waals surface area contributed by atoms with E-state index in [0.717, 1.165) is 0 Å². The van der Waals surface area contributed by atoms with E-state index in [-0.39, 0.29) is 21.4 Å². The quantitative estimate of drug-likeness (QED) is 0.733. The Morgan fingerprint density at radius 3 is 2.69 bits per heavy atom. The molecule has 0 aromatic carbocycles. The van der Waals surface area contributed by atoms with Gasteiger partial charge in [0.1, 0.15) is 0 Å². The van der Waals surface area contributed by atoms with Crippen molar-refractivity contribution in [2.24, 2.45) is 0 Å². The first kappa shape index (κ1) is 10.1. The fourth-order valence-corrected chi connectivity index (χ4v) is 1.09. The molecule has 0 aliphatic rings. The van der Waals surface area contributed by atoms with Crippen LogP contribution in [0.5, 0.6) is 0 Å². The highest BCUT2D eigenvalue weighted by Gasteiger charge is 2.16. The standard InChI is InChI=1S/C7H6Cl2N2O2/c1-13-7(12)6-5(9)4(8)3(10)2-11-6/h2H,10H2,1H3. The summed E-state index contributed by atoms with van der Waals surface area (Å²) in [6.45, 7) is 0. The topological polar surface area (TPSA) is 65.2 Å². The van der Waals surface area contributed by atoms with Crippen molar-refractivity contribution < 1.29 is 9.53 Å². The van der Waals surface area contributed by atoms with Gasteiger partial charge in [0.05, 0.1) is 29.0 Å². The number of ether oxygens (including phenoxy) is 1. The number of nitrogen functional groups attached to an aromatic ring is 1. The van der Waals surface area contributed by atoms with Crippen LogP contribution >= 0.6 is 23.2 Å². The van der Waals surface area contributed by atoms with Crippen LogP contribution in [0, 0.1) is 0 Å². The Morgan fingerprint density at radius 1 is 1.54 bits per heavy atom. The number of nitrogens with two attached hydrogens (primary N) is 1. The van der Waals surface area contributed by atoms with Crippen LogP contribution in [-0.4, -0.2) is 18.1 Å². The number of esters is 1. The molecule has 70 valence electrons. The highest BCUT2D eigenvalue weighted by atomic mass is 35.5. The summed E-state index contributed by atoms with van der Waals surface area (Å²) in [5.74, 6) is -0.646. The van der Waals surface area contributed by atoms with E-state index in [0.29, 0.717) is 0 Å². The second-order valence-electron chi connectivity index (χ2n) is 2.18. The van der Waals surface area contributed by atoms with E-state index in [4.69, 9.17) is 28.9 Å². The molecular weight excluding hydrogens is 215 g/mol. The first-order valence-electron chi connectivity index (χ1n) is 3.25. The van der Waals surface area contributed by atoms with Crippen LogP contribution in [0.3, 0.4) is 0 Å². The van der Waals surface area contributed by atoms with Gasteiger partial charge in [-0.2, -0.15) is 0 Å². The third-order valence-electron chi connectivity index (χ3n) is 1.37. The number of nitrogens with zero attached hydrogens (tertiary/aromatic N) is 1. The zero-order valence-corrected chi connectivity index (χ0v) is 8.19. The van der Waals surface area contributed by atoms with Gasteiger partial charge in [-0.05, 0) is 0 Å². The highest BCUT2D eigenvalue weighted by Crippen LogP contribution is 2.29. The molecule has 0 fully saturated rings. The van der Waals surface area contributed by atoms with Crippen LogP contribution in [-0.2, 0) is 4.74 Å². The third-order valence-corrected chi connectivity index (χ3v) is 2.24. The smallest absolute Gasteiger partial charge is 0.358 e. The van der Waals surface area contributed by atoms with Gasteiger partial charge in [-0.25, -0.2) is 9.78 Å². The van der Waals surface area contributed by atoms with Crippen molar-refractivity contribution in [2.75, 3.05) is 12.8 Å². The van der Waals surface area contributed by atoms with E-state index < -0.39 is 5.97 Å². The normalized spacial score (nSPS) is 9.77. The summed E-state index contributed by atoms with van der Waals surface area (Å²) in [6, 6.07) is 0. The molecule has 1 heterocycles. The Morgan fingerprint density at radius 2 is 2.15 bits per heavy atom. The van der Waals surface area contributed by atoms with E-state index in [1.54, 1.807) is 0 Å². The summed E-state index contributed by atoms with van der Waals surface area (Å²) in [7, 11) is 1.23. The summed E-state index contributed by atoms with van der Waals surface area (Å²) in [6.07, 6.45) is 1.25. The molecule has 13 heavy (non-hydrogen) atoms. The SMILES string of the molecule is COC(=O)c1ncc(N)c(Cl)c1Cl. The Labute approximate surface area is 84.6 Å². The molecule has 0 unspecified atom stereocenters. The van der Waals surface area contributed by atoms with Crippen LogP contribution in [0.2, 0.25) is 10.0 Å². The van der Waals surface area contributed by atoms with Gasteiger partial charge in [0.15, 0.2) is 5.69 Å². The van der Waals surface area contributed by atoms with Crippen LogP contribution < -0.4 is 5.73 Å². The van der Waals surface area contributed by atoms with Crippen molar-refractivity contribution in [3.8, 4) is 0 Å². The number of aromatic nitrogens is 1. The number of carbonyl (C=O) groups is 1. The van der Waals surface area contributed by atoms with Crippen molar-refractivity contribution in [3.05, 3.63) is 21.9 Å². The van der Waals surface area contributed by atoms with E-state index >= 15 is 0 Å². The molecule has 4 nitrogen and oxygen atoms in total. The predicted octanol–water partition coefficient (Wildman–Crippen LogP) is 1.76. The number of hydrogen-bond donors (Lipinski definition) is 1. The molecule has 0 saturated heterocycles. The van der Waals surface area contributed by atoms with Gasteiger partial charge in [-0.1, -0.05) is 23.2 Å². The first-order chi connectivity index (χ1) is 6.07. The zero-order chi connectivity index (χ0) is 10.0. The van der Waals surface area contributed by atoms with E-state index in [1.807, 2.05) is 0 Å². The highest BCUT2D eigenvalue weighted by molar-refractivity contribution is 6.45. The number of pyridine rings is 1. The Bertz CT molecular complexity index is 355. The Kier molecular flexibility index (Phi) is 2.95. The average Bonchev–Trinajstić information content (AvgIpc) is 2.13. The summed E-state index contributed by atoms with van der Waals surface area (Å²) in [4.78, 5) is 14.7. The maximum Gasteiger partial charge on any atom is 0.358 e. The monoisotopic (exact) mass is 220 g/mol. The lowest BCUT2D eigenvalue weighted by Crippen LogP contribution is -2.06. The predicted molar refractivity (Wildman–Crippen MR) is 50.0 cm³/mol. The molecule has 0 radical (unpaired) electrons. The molecule has 2 N–H and O–H groups in total. The largest absolute Gasteiger partial charge is 0.464 e. The van der Waals surface area contributed by atoms with Crippen molar-refractivity contribution in [1.29, 1.82) is 0 Å². The van der Waals surface area contributed by atoms with Gasteiger partial charge in [0, 0.05) is 0 Å². The minimum absolute atomic E-state index is 0.00789. The summed E-state index contributed by atoms with van der Waals surface area (Å²) in [5, 5.41) is 0.116. The van der Waals surface area contributed by atoms with Gasteiger partial charge in [0.2, 0.25) is 0 Å². The molecule has 6 heteroatoms. The Balaban J connectivity index is 3.26. The molecular formula is C7H6Cl2N2O2. The molecule has 0 spiro atoms. The van der Waals surface area contributed by atoms with Crippen molar-refractivity contribution >= 4 is 34.9 Å². The lowest BCUT2D eigenvalue weighted by molar-refractivity contribution is 0.0594. The molecule has 0 saturated carbocycles. The molecule has 1 rings (SSSR count). The van der Waals surface area contributed by atoms with Crippen LogP contribution in [0.1, 0.15) is 10.5 Å². The molecule has 1 aromatic rings. The van der Waals surface area contributed by atoms with Crippen LogP contribution in [0.15, 0.2) is 6.20 Å². The maximum atomic E-state index is 11.0. The lowest BCUT2D eigenvalue weighted by atomic mass is 10.3. The summed E-state index contributed by atoms with van der Waals surface area (Å²) < 4.78 is 4.43. The fraction of sp³-hybridized carbons (Fsp3) is 0.143. The molecule has 1 aromatic heterocycles. The van der Waals surface area contributed by atoms with Crippen molar-refractivity contribution in [1.82, 2.24) is 4.98 Å². The molecule has 0 atom stereocenters. The van der Waals surface area contributed by atoms with Crippen LogP contribution in [0.25, 0.3) is 0 Å². The van der Waals surface area contributed by atoms with E-state index in [9.17, 15) is 4.79 Å². The molecule has 0 aliphatic carbocycles. The van der Waals surface area contributed by atoms with E-state index in [1.165, 1.54) is 13.3 Å². The van der Waals surface area contributed by atoms with Crippen LogP contribution in [0.4, 0.5) is 5.69 Å². The lowest BCUT2D eigenvalue weighted by Gasteiger charge is -2.04. The Hall–Kier alpha value is -1.00. The van der Waals surface area contributed by atoms with Gasteiger partial charge < -0.3 is 10.5 Å². The summed E-state index contributed by atoms with van der Waals surface area (Å²) in [5.41, 5.74) is 5.58. The second-order valence-corrected chi connectivity index (χ2v) is 2.94. The molecule has 0 amide bonds. The number of rotatable bonds is 1. The number of hydrogen-bond acceptors (Lipinski definition) is 4.